The first-order valence-corrected chi connectivity index (χ1v) is 5.26. The largest absolute Gasteiger partial charge is 0.353 e. The predicted molar refractivity (Wildman–Crippen MR) is 53.4 cm³/mol. The Morgan fingerprint density at radius 3 is 2.53 bits per heavy atom. The van der Waals surface area contributed by atoms with Crippen molar-refractivity contribution in [2.75, 3.05) is 20.7 Å². The van der Waals surface area contributed by atoms with Crippen molar-refractivity contribution < 1.29 is 18.9 Å². The summed E-state index contributed by atoms with van der Waals surface area (Å²) in [6.07, 6.45) is -0.498. The van der Waals surface area contributed by atoms with Gasteiger partial charge in [-0.15, -0.1) is 0 Å². The highest BCUT2D eigenvalue weighted by Crippen LogP contribution is 2.38. The average Bonchev–Trinajstić information content (AvgIpc) is 2.61. The van der Waals surface area contributed by atoms with Gasteiger partial charge in [-0.3, -0.25) is 0 Å². The number of ether oxygens (including phenoxy) is 4. The fourth-order valence-electron chi connectivity index (χ4n) is 2.20. The molecule has 2 saturated heterocycles. The minimum atomic E-state index is -0.540. The van der Waals surface area contributed by atoms with Gasteiger partial charge in [0, 0.05) is 13.7 Å². The first-order chi connectivity index (χ1) is 7.07. The van der Waals surface area contributed by atoms with Crippen LogP contribution in [-0.4, -0.2) is 51.1 Å². The summed E-state index contributed by atoms with van der Waals surface area (Å²) in [5, 5.41) is 3.08. The summed E-state index contributed by atoms with van der Waals surface area (Å²) in [5.74, 6) is -0.540. The molecule has 2 rings (SSSR count). The van der Waals surface area contributed by atoms with Gasteiger partial charge in [-0.2, -0.15) is 0 Å². The van der Waals surface area contributed by atoms with Crippen LogP contribution in [0.2, 0.25) is 0 Å². The molecule has 0 saturated carbocycles. The maximum atomic E-state index is 5.80. The van der Waals surface area contributed by atoms with E-state index in [2.05, 4.69) is 5.32 Å². The van der Waals surface area contributed by atoms with Crippen LogP contribution in [0.25, 0.3) is 0 Å². The van der Waals surface area contributed by atoms with Crippen LogP contribution in [0.3, 0.4) is 0 Å². The Kier molecular flexibility index (Phi) is 3.00. The van der Waals surface area contributed by atoms with E-state index in [4.69, 9.17) is 18.9 Å². The van der Waals surface area contributed by atoms with Gasteiger partial charge in [-0.25, -0.2) is 0 Å². The van der Waals surface area contributed by atoms with Gasteiger partial charge >= 0.3 is 0 Å². The van der Waals surface area contributed by atoms with Gasteiger partial charge in [0.1, 0.15) is 18.3 Å². The van der Waals surface area contributed by atoms with E-state index in [-0.39, 0.29) is 24.6 Å². The van der Waals surface area contributed by atoms with Crippen LogP contribution in [0.5, 0.6) is 0 Å². The predicted octanol–water partition coefficient (Wildman–Crippen LogP) is 0.0972. The summed E-state index contributed by atoms with van der Waals surface area (Å²) in [4.78, 5) is 0. The number of rotatable bonds is 3. The maximum Gasteiger partial charge on any atom is 0.186 e. The second-order valence-corrected chi connectivity index (χ2v) is 4.40. The van der Waals surface area contributed by atoms with Crippen LogP contribution in [0.15, 0.2) is 0 Å². The van der Waals surface area contributed by atoms with E-state index in [0.717, 1.165) is 6.54 Å². The van der Waals surface area contributed by atoms with E-state index in [1.807, 2.05) is 20.9 Å². The summed E-state index contributed by atoms with van der Waals surface area (Å²) >= 11 is 0. The standard InChI is InChI=1S/C10H19NO4/c1-10(2)14-7-6(5-11-3)13-9(12-4)8(7)15-10/h6-9,11H,5H2,1-4H3/t6-,7+,8+,9-/m0/s1. The Hall–Kier alpha value is -0.200. The fourth-order valence-corrected chi connectivity index (χ4v) is 2.20. The summed E-state index contributed by atoms with van der Waals surface area (Å²) in [6.45, 7) is 4.56. The van der Waals surface area contributed by atoms with Crippen LogP contribution in [0.1, 0.15) is 13.8 Å². The zero-order valence-corrected chi connectivity index (χ0v) is 9.65. The van der Waals surface area contributed by atoms with Crippen LogP contribution in [0.4, 0.5) is 0 Å². The van der Waals surface area contributed by atoms with Gasteiger partial charge in [-0.05, 0) is 20.9 Å². The Morgan fingerprint density at radius 2 is 1.93 bits per heavy atom. The summed E-state index contributed by atoms with van der Waals surface area (Å²) in [6, 6.07) is 0. The molecule has 2 aliphatic heterocycles. The van der Waals surface area contributed by atoms with E-state index in [1.54, 1.807) is 7.11 Å². The summed E-state index contributed by atoms with van der Waals surface area (Å²) in [5.41, 5.74) is 0. The van der Waals surface area contributed by atoms with Crippen molar-refractivity contribution in [2.45, 2.75) is 44.2 Å². The van der Waals surface area contributed by atoms with Gasteiger partial charge in [0.05, 0.1) is 0 Å². The molecule has 0 aromatic carbocycles. The highest BCUT2D eigenvalue weighted by Gasteiger charge is 2.55. The van der Waals surface area contributed by atoms with Crippen LogP contribution < -0.4 is 5.32 Å². The average molecular weight is 217 g/mol. The van der Waals surface area contributed by atoms with E-state index >= 15 is 0 Å². The minimum absolute atomic E-state index is 0.00766. The zero-order chi connectivity index (χ0) is 11.1. The number of fused-ring (bicyclic) bond motifs is 1. The van der Waals surface area contributed by atoms with Crippen molar-refractivity contribution in [1.29, 1.82) is 0 Å². The molecule has 5 nitrogen and oxygen atoms in total. The lowest BCUT2D eigenvalue weighted by Crippen LogP contribution is -2.36. The Labute approximate surface area is 90.0 Å². The lowest BCUT2D eigenvalue weighted by Gasteiger charge is -2.23. The maximum absolute atomic E-state index is 5.80. The van der Waals surface area contributed by atoms with Crippen LogP contribution >= 0.6 is 0 Å². The Morgan fingerprint density at radius 1 is 1.27 bits per heavy atom. The SMILES string of the molecule is CNC[C@@H]1O[C@H](OC)[C@@H]2OC(C)(C)O[C@@H]21. The summed E-state index contributed by atoms with van der Waals surface area (Å²) < 4.78 is 22.5. The molecular formula is C10H19NO4. The summed E-state index contributed by atoms with van der Waals surface area (Å²) in [7, 11) is 3.51. The Bertz CT molecular complexity index is 233. The molecule has 4 atom stereocenters. The molecule has 2 fully saturated rings. The van der Waals surface area contributed by atoms with Crippen molar-refractivity contribution >= 4 is 0 Å². The van der Waals surface area contributed by atoms with E-state index in [0.29, 0.717) is 0 Å². The zero-order valence-electron chi connectivity index (χ0n) is 9.65. The number of hydrogen-bond donors (Lipinski definition) is 1. The molecule has 1 N–H and O–H groups in total. The normalized spacial score (nSPS) is 43.2. The Balaban J connectivity index is 2.08. The first-order valence-electron chi connectivity index (χ1n) is 5.26. The molecule has 0 aromatic heterocycles. The van der Waals surface area contributed by atoms with Crippen molar-refractivity contribution in [3.63, 3.8) is 0 Å². The van der Waals surface area contributed by atoms with Crippen molar-refractivity contribution in [1.82, 2.24) is 5.32 Å². The molecule has 0 amide bonds. The lowest BCUT2D eigenvalue weighted by molar-refractivity contribution is -0.226. The molecule has 0 unspecified atom stereocenters. The first kappa shape index (κ1) is 11.3. The van der Waals surface area contributed by atoms with Gasteiger partial charge < -0.3 is 24.3 Å². The minimum Gasteiger partial charge on any atom is -0.353 e. The highest BCUT2D eigenvalue weighted by molar-refractivity contribution is 4.95. The number of methoxy groups -OCH3 is 1. The molecule has 0 aliphatic carbocycles. The topological polar surface area (TPSA) is 49.0 Å². The van der Waals surface area contributed by atoms with Crippen LogP contribution in [0, 0.1) is 0 Å². The number of hydrogen-bond acceptors (Lipinski definition) is 5. The molecule has 0 aromatic rings. The van der Waals surface area contributed by atoms with Gasteiger partial charge in [0.2, 0.25) is 0 Å². The molecule has 2 heterocycles. The fraction of sp³-hybridized carbons (Fsp3) is 1.00. The van der Waals surface area contributed by atoms with Crippen molar-refractivity contribution in [3.05, 3.63) is 0 Å². The van der Waals surface area contributed by atoms with Crippen molar-refractivity contribution in [3.8, 4) is 0 Å². The van der Waals surface area contributed by atoms with E-state index in [9.17, 15) is 0 Å². The van der Waals surface area contributed by atoms with Gasteiger partial charge in [-0.1, -0.05) is 0 Å². The smallest absolute Gasteiger partial charge is 0.186 e. The molecule has 0 spiro atoms. The molecule has 2 aliphatic rings. The number of likely N-dealkylation sites (N-methyl/N-ethyl adjacent to an activating group) is 1. The quantitative estimate of drug-likeness (QED) is 0.726. The lowest BCUT2D eigenvalue weighted by atomic mass is 10.1. The highest BCUT2D eigenvalue weighted by atomic mass is 16.8. The van der Waals surface area contributed by atoms with Gasteiger partial charge in [0.25, 0.3) is 0 Å². The van der Waals surface area contributed by atoms with Crippen molar-refractivity contribution in [2.24, 2.45) is 0 Å². The third-order valence-corrected chi connectivity index (χ3v) is 2.74. The second-order valence-electron chi connectivity index (χ2n) is 4.40. The molecule has 88 valence electrons. The third kappa shape index (κ3) is 2.03. The molecule has 0 bridgehead atoms. The van der Waals surface area contributed by atoms with E-state index in [1.165, 1.54) is 0 Å². The van der Waals surface area contributed by atoms with Crippen LogP contribution in [-0.2, 0) is 18.9 Å². The molecular weight excluding hydrogens is 198 g/mol. The van der Waals surface area contributed by atoms with Gasteiger partial charge in [0.15, 0.2) is 12.1 Å². The third-order valence-electron chi connectivity index (χ3n) is 2.74. The second kappa shape index (κ2) is 3.99. The van der Waals surface area contributed by atoms with E-state index < -0.39 is 5.79 Å². The molecule has 5 heteroatoms. The molecule has 0 radical (unpaired) electrons. The monoisotopic (exact) mass is 217 g/mol. The number of nitrogens with one attached hydrogen (secondary N) is 1. The molecule has 15 heavy (non-hydrogen) atoms.